The van der Waals surface area contributed by atoms with Gasteiger partial charge in [-0.1, -0.05) is 24.6 Å². The van der Waals surface area contributed by atoms with Crippen molar-refractivity contribution in [3.8, 4) is 11.5 Å². The van der Waals surface area contributed by atoms with Crippen LogP contribution in [0.3, 0.4) is 0 Å². The van der Waals surface area contributed by atoms with Gasteiger partial charge in [0.05, 0.1) is 4.90 Å². The lowest BCUT2D eigenvalue weighted by Gasteiger charge is -2.27. The highest BCUT2D eigenvalue weighted by atomic mass is 32.2. The van der Waals surface area contributed by atoms with Gasteiger partial charge in [-0.2, -0.15) is 4.31 Å². The molecule has 1 fully saturated rings. The zero-order valence-electron chi connectivity index (χ0n) is 16.3. The first-order chi connectivity index (χ1) is 13.9. The molecular weight excluding hydrogens is 392 g/mol. The van der Waals surface area contributed by atoms with E-state index in [1.165, 1.54) is 10.4 Å². The topological polar surface area (TPSA) is 84.9 Å². The smallest absolute Gasteiger partial charge is 0.269 e. The summed E-state index contributed by atoms with van der Waals surface area (Å²) in [6.07, 6.45) is 1.98. The molecule has 0 aliphatic carbocycles. The van der Waals surface area contributed by atoms with E-state index < -0.39 is 16.1 Å². The zero-order valence-corrected chi connectivity index (χ0v) is 17.1. The van der Waals surface area contributed by atoms with Crippen molar-refractivity contribution < 1.29 is 22.7 Å². The van der Waals surface area contributed by atoms with Gasteiger partial charge in [0.2, 0.25) is 16.1 Å². The molecule has 0 saturated carbocycles. The van der Waals surface area contributed by atoms with E-state index in [1.807, 2.05) is 19.1 Å². The predicted octanol–water partition coefficient (Wildman–Crippen LogP) is 2.95. The van der Waals surface area contributed by atoms with E-state index >= 15 is 0 Å². The molecule has 4 rings (SSSR count). The fraction of sp³-hybridized carbons (Fsp3) is 0.381. The van der Waals surface area contributed by atoms with E-state index in [0.717, 1.165) is 24.8 Å². The molecule has 1 amide bonds. The second-order valence-electron chi connectivity index (χ2n) is 7.29. The predicted molar refractivity (Wildman–Crippen MR) is 109 cm³/mol. The highest BCUT2D eigenvalue weighted by Crippen LogP contribution is 2.31. The van der Waals surface area contributed by atoms with Gasteiger partial charge in [-0.3, -0.25) is 4.79 Å². The summed E-state index contributed by atoms with van der Waals surface area (Å²) in [7, 11) is -3.58. The van der Waals surface area contributed by atoms with Gasteiger partial charge in [0.25, 0.3) is 5.91 Å². The fourth-order valence-corrected chi connectivity index (χ4v) is 5.06. The average Bonchev–Trinajstić information content (AvgIpc) is 2.75. The maximum atomic E-state index is 12.9. The molecule has 2 heterocycles. The Morgan fingerprint density at radius 1 is 1.07 bits per heavy atom. The molecule has 1 atom stereocenters. The number of aryl methyl sites for hydroxylation is 1. The second-order valence-corrected chi connectivity index (χ2v) is 9.23. The first kappa shape index (κ1) is 19.7. The van der Waals surface area contributed by atoms with Crippen molar-refractivity contribution >= 4 is 21.6 Å². The minimum atomic E-state index is -3.58. The van der Waals surface area contributed by atoms with Crippen LogP contribution in [0.5, 0.6) is 11.5 Å². The number of piperidine rings is 1. The molecule has 8 heteroatoms. The third-order valence-electron chi connectivity index (χ3n) is 5.22. The van der Waals surface area contributed by atoms with Crippen LogP contribution in [0, 0.1) is 6.92 Å². The quantitative estimate of drug-likeness (QED) is 0.828. The zero-order chi connectivity index (χ0) is 20.4. The third kappa shape index (κ3) is 4.09. The van der Waals surface area contributed by atoms with E-state index in [4.69, 9.17) is 9.47 Å². The molecule has 2 aromatic carbocycles. The van der Waals surface area contributed by atoms with Gasteiger partial charge in [-0.25, -0.2) is 8.42 Å². The third-order valence-corrected chi connectivity index (χ3v) is 7.12. The number of hydrogen-bond donors (Lipinski definition) is 1. The van der Waals surface area contributed by atoms with Gasteiger partial charge in [-0.15, -0.1) is 0 Å². The number of amides is 1. The lowest BCUT2D eigenvalue weighted by atomic mass is 10.2. The van der Waals surface area contributed by atoms with E-state index in [1.54, 1.807) is 24.3 Å². The molecule has 2 aromatic rings. The molecule has 1 N–H and O–H groups in total. The van der Waals surface area contributed by atoms with E-state index in [0.29, 0.717) is 30.3 Å². The SMILES string of the molecule is Cc1ccc(S(=O)(=O)N2CCCCC2)cc1NC(=O)[C@@H]1COc2ccccc2O1. The van der Waals surface area contributed by atoms with Crippen LogP contribution in [0.4, 0.5) is 5.69 Å². The van der Waals surface area contributed by atoms with Crippen LogP contribution in [0.2, 0.25) is 0 Å². The number of rotatable bonds is 4. The van der Waals surface area contributed by atoms with Gasteiger partial charge in [0.1, 0.15) is 6.61 Å². The summed E-state index contributed by atoms with van der Waals surface area (Å²) in [4.78, 5) is 12.9. The summed E-state index contributed by atoms with van der Waals surface area (Å²) in [5, 5.41) is 2.80. The van der Waals surface area contributed by atoms with Crippen molar-refractivity contribution in [2.24, 2.45) is 0 Å². The van der Waals surface area contributed by atoms with Crippen LogP contribution < -0.4 is 14.8 Å². The Hall–Kier alpha value is -2.58. The number of ether oxygens (including phenoxy) is 2. The maximum absolute atomic E-state index is 12.9. The molecule has 0 spiro atoms. The van der Waals surface area contributed by atoms with Crippen LogP contribution in [0.15, 0.2) is 47.4 Å². The first-order valence-electron chi connectivity index (χ1n) is 9.75. The summed E-state index contributed by atoms with van der Waals surface area (Å²) in [5.74, 6) is 0.731. The van der Waals surface area contributed by atoms with E-state index in [9.17, 15) is 13.2 Å². The molecular formula is C21H24N2O5S. The Labute approximate surface area is 170 Å². The van der Waals surface area contributed by atoms with E-state index in [-0.39, 0.29) is 17.4 Å². The standard InChI is InChI=1S/C21H24N2O5S/c1-15-9-10-16(29(25,26)23-11-5-2-6-12-23)13-17(15)22-21(24)20-14-27-18-7-3-4-8-19(18)28-20/h3-4,7-10,13,20H,2,5-6,11-12,14H2,1H3,(H,22,24)/t20-/m0/s1. The molecule has 0 bridgehead atoms. The Balaban J connectivity index is 1.52. The van der Waals surface area contributed by atoms with Crippen molar-refractivity contribution in [2.75, 3.05) is 25.0 Å². The summed E-state index contributed by atoms with van der Waals surface area (Å²) in [6, 6.07) is 12.0. The first-order valence-corrected chi connectivity index (χ1v) is 11.2. The normalized spacial score (nSPS) is 19.6. The molecule has 29 heavy (non-hydrogen) atoms. The highest BCUT2D eigenvalue weighted by Gasteiger charge is 2.29. The summed E-state index contributed by atoms with van der Waals surface area (Å²) >= 11 is 0. The number of hydrogen-bond acceptors (Lipinski definition) is 5. The number of carbonyl (C=O) groups excluding carboxylic acids is 1. The minimum Gasteiger partial charge on any atom is -0.485 e. The molecule has 2 aliphatic rings. The number of nitrogens with one attached hydrogen (secondary N) is 1. The number of fused-ring (bicyclic) bond motifs is 1. The van der Waals surface area contributed by atoms with Gasteiger partial charge in [-0.05, 0) is 49.6 Å². The number of carbonyl (C=O) groups is 1. The van der Waals surface area contributed by atoms with Crippen LogP contribution in [-0.4, -0.2) is 44.4 Å². The van der Waals surface area contributed by atoms with Gasteiger partial charge in [0, 0.05) is 18.8 Å². The number of benzene rings is 2. The molecule has 0 aromatic heterocycles. The van der Waals surface area contributed by atoms with Crippen LogP contribution in [0.1, 0.15) is 24.8 Å². The largest absolute Gasteiger partial charge is 0.485 e. The summed E-state index contributed by atoms with van der Waals surface area (Å²) in [6.45, 7) is 2.98. The average molecular weight is 416 g/mol. The second kappa shape index (κ2) is 8.04. The lowest BCUT2D eigenvalue weighted by Crippen LogP contribution is -2.40. The molecule has 154 valence electrons. The van der Waals surface area contributed by atoms with Crippen molar-refractivity contribution in [1.29, 1.82) is 0 Å². The van der Waals surface area contributed by atoms with Gasteiger partial charge >= 0.3 is 0 Å². The lowest BCUT2D eigenvalue weighted by molar-refractivity contribution is -0.125. The van der Waals surface area contributed by atoms with Crippen molar-refractivity contribution in [3.63, 3.8) is 0 Å². The Bertz CT molecular complexity index is 1020. The minimum absolute atomic E-state index is 0.0909. The molecule has 0 radical (unpaired) electrons. The summed E-state index contributed by atoms with van der Waals surface area (Å²) in [5.41, 5.74) is 1.23. The highest BCUT2D eigenvalue weighted by molar-refractivity contribution is 7.89. The molecule has 0 unspecified atom stereocenters. The number of para-hydroxylation sites is 2. The van der Waals surface area contributed by atoms with Crippen LogP contribution in [-0.2, 0) is 14.8 Å². The number of nitrogens with zero attached hydrogens (tertiary/aromatic N) is 1. The maximum Gasteiger partial charge on any atom is 0.269 e. The van der Waals surface area contributed by atoms with Gasteiger partial charge < -0.3 is 14.8 Å². The monoisotopic (exact) mass is 416 g/mol. The van der Waals surface area contributed by atoms with Crippen LogP contribution >= 0.6 is 0 Å². The Kier molecular flexibility index (Phi) is 5.47. The van der Waals surface area contributed by atoms with Gasteiger partial charge in [0.15, 0.2) is 11.5 Å². The van der Waals surface area contributed by atoms with Crippen LogP contribution in [0.25, 0.3) is 0 Å². The van der Waals surface area contributed by atoms with Crippen molar-refractivity contribution in [2.45, 2.75) is 37.2 Å². The molecule has 7 nitrogen and oxygen atoms in total. The molecule has 1 saturated heterocycles. The van der Waals surface area contributed by atoms with Crippen molar-refractivity contribution in [1.82, 2.24) is 4.31 Å². The summed E-state index contributed by atoms with van der Waals surface area (Å²) < 4.78 is 38.7. The fourth-order valence-electron chi connectivity index (χ4n) is 3.51. The Morgan fingerprint density at radius 3 is 2.55 bits per heavy atom. The number of sulfonamides is 1. The van der Waals surface area contributed by atoms with Crippen molar-refractivity contribution in [3.05, 3.63) is 48.0 Å². The van der Waals surface area contributed by atoms with E-state index in [2.05, 4.69) is 5.32 Å². The number of anilines is 1. The molecule has 2 aliphatic heterocycles. The Morgan fingerprint density at radius 2 is 1.79 bits per heavy atom.